The van der Waals surface area contributed by atoms with E-state index in [0.717, 1.165) is 6.26 Å². The van der Waals surface area contributed by atoms with E-state index in [4.69, 9.17) is 14.2 Å². The molecule has 4 rings (SSSR count). The van der Waals surface area contributed by atoms with Crippen molar-refractivity contribution in [1.29, 1.82) is 0 Å². The van der Waals surface area contributed by atoms with Crippen LogP contribution in [-0.2, 0) is 19.9 Å². The molecule has 0 unspecified atom stereocenters. The number of rotatable bonds is 8. The van der Waals surface area contributed by atoms with Crippen LogP contribution < -0.4 is 18.9 Å². The predicted octanol–water partition coefficient (Wildman–Crippen LogP) is 2.33. The summed E-state index contributed by atoms with van der Waals surface area (Å²) < 4.78 is 69.7. The summed E-state index contributed by atoms with van der Waals surface area (Å²) in [6.07, 6.45) is 5.33. The van der Waals surface area contributed by atoms with Crippen LogP contribution in [-0.4, -0.2) is 59.1 Å². The first-order valence-electron chi connectivity index (χ1n) is 9.62. The Labute approximate surface area is 186 Å². The molecule has 172 valence electrons. The van der Waals surface area contributed by atoms with Crippen LogP contribution >= 0.6 is 0 Å². The van der Waals surface area contributed by atoms with Gasteiger partial charge in [0.15, 0.2) is 21.3 Å². The van der Waals surface area contributed by atoms with Crippen molar-refractivity contribution in [2.24, 2.45) is 0 Å². The molecule has 1 aromatic carbocycles. The number of aromatic nitrogens is 2. The van der Waals surface area contributed by atoms with Gasteiger partial charge < -0.3 is 14.2 Å². The first-order valence-corrected chi connectivity index (χ1v) is 13.1. The van der Waals surface area contributed by atoms with E-state index in [2.05, 4.69) is 9.71 Å². The van der Waals surface area contributed by atoms with Crippen LogP contribution in [0.2, 0.25) is 0 Å². The number of anilines is 1. The average molecular weight is 482 g/mol. The lowest BCUT2D eigenvalue weighted by Gasteiger charge is -2.16. The molecule has 0 radical (unpaired) electrons. The predicted molar refractivity (Wildman–Crippen MR) is 119 cm³/mol. The minimum absolute atomic E-state index is 0.0872. The van der Waals surface area contributed by atoms with E-state index in [1.54, 1.807) is 28.8 Å². The van der Waals surface area contributed by atoms with Crippen LogP contribution in [0.4, 0.5) is 5.69 Å². The van der Waals surface area contributed by atoms with Gasteiger partial charge in [0, 0.05) is 17.8 Å². The summed E-state index contributed by atoms with van der Waals surface area (Å²) in [6.45, 7) is 0. The quantitative estimate of drug-likeness (QED) is 0.520. The van der Waals surface area contributed by atoms with Crippen molar-refractivity contribution in [3.63, 3.8) is 0 Å². The van der Waals surface area contributed by atoms with Gasteiger partial charge in [0.05, 0.1) is 50.4 Å². The standard InChI is InChI=1S/C20H23N3O7S2/c1-28-16-9-19-21-10-15(23(19)11-18(16)32(26,27)13-5-6-13)12-7-14(22-31(4,24)25)20(30-3)17(8-12)29-2/h7-11,13,22H,5-6H2,1-4H3. The molecule has 2 heterocycles. The van der Waals surface area contributed by atoms with E-state index in [1.165, 1.54) is 27.5 Å². The van der Waals surface area contributed by atoms with Crippen LogP contribution in [0.5, 0.6) is 17.2 Å². The maximum atomic E-state index is 13.0. The Morgan fingerprint density at radius 1 is 1.00 bits per heavy atom. The Morgan fingerprint density at radius 2 is 1.69 bits per heavy atom. The Hall–Kier alpha value is -2.99. The monoisotopic (exact) mass is 481 g/mol. The van der Waals surface area contributed by atoms with E-state index in [1.807, 2.05) is 0 Å². The molecule has 3 aromatic rings. The number of nitrogens with one attached hydrogen (secondary N) is 1. The number of methoxy groups -OCH3 is 3. The molecule has 10 nitrogen and oxygen atoms in total. The van der Waals surface area contributed by atoms with Crippen molar-refractivity contribution >= 4 is 31.2 Å². The molecular formula is C20H23N3O7S2. The number of ether oxygens (including phenoxy) is 3. The molecule has 1 aliphatic rings. The summed E-state index contributed by atoms with van der Waals surface area (Å²) in [6, 6.07) is 4.80. The van der Waals surface area contributed by atoms with Crippen molar-refractivity contribution < 1.29 is 31.0 Å². The molecule has 12 heteroatoms. The maximum Gasteiger partial charge on any atom is 0.229 e. The summed E-state index contributed by atoms with van der Waals surface area (Å²) in [5, 5.41) is -0.410. The number of imidazole rings is 1. The second kappa shape index (κ2) is 7.85. The van der Waals surface area contributed by atoms with E-state index >= 15 is 0 Å². The zero-order valence-electron chi connectivity index (χ0n) is 17.9. The molecule has 1 aliphatic carbocycles. The highest BCUT2D eigenvalue weighted by Crippen LogP contribution is 2.42. The number of sulfonamides is 1. The molecule has 0 atom stereocenters. The number of hydrogen-bond donors (Lipinski definition) is 1. The summed E-state index contributed by atoms with van der Waals surface area (Å²) >= 11 is 0. The van der Waals surface area contributed by atoms with Crippen LogP contribution in [0.15, 0.2) is 35.5 Å². The molecule has 1 saturated carbocycles. The van der Waals surface area contributed by atoms with Crippen LogP contribution in [0, 0.1) is 0 Å². The second-order valence-electron chi connectivity index (χ2n) is 7.46. The third-order valence-electron chi connectivity index (χ3n) is 5.13. The number of nitrogens with zero attached hydrogens (tertiary/aromatic N) is 2. The van der Waals surface area contributed by atoms with Gasteiger partial charge in [-0.15, -0.1) is 0 Å². The van der Waals surface area contributed by atoms with Gasteiger partial charge in [-0.3, -0.25) is 9.12 Å². The highest BCUT2D eigenvalue weighted by molar-refractivity contribution is 7.92. The van der Waals surface area contributed by atoms with Gasteiger partial charge in [0.25, 0.3) is 0 Å². The lowest BCUT2D eigenvalue weighted by atomic mass is 10.1. The molecule has 0 spiro atoms. The minimum atomic E-state index is -3.60. The summed E-state index contributed by atoms with van der Waals surface area (Å²) in [5.74, 6) is 0.743. The SMILES string of the molecule is COc1cc2ncc(-c3cc(NS(C)(=O)=O)c(OC)c(OC)c3)n2cc1S(=O)(=O)C1CC1. The number of pyridine rings is 1. The van der Waals surface area contributed by atoms with Gasteiger partial charge in [-0.1, -0.05) is 0 Å². The topological polar surface area (TPSA) is 125 Å². The van der Waals surface area contributed by atoms with Crippen molar-refractivity contribution in [1.82, 2.24) is 9.38 Å². The number of benzene rings is 1. The molecule has 2 aromatic heterocycles. The number of fused-ring (bicyclic) bond motifs is 1. The third kappa shape index (κ3) is 3.95. The largest absolute Gasteiger partial charge is 0.495 e. The second-order valence-corrected chi connectivity index (χ2v) is 11.4. The van der Waals surface area contributed by atoms with Gasteiger partial charge in [0.1, 0.15) is 16.3 Å². The fraction of sp³-hybridized carbons (Fsp3) is 0.350. The minimum Gasteiger partial charge on any atom is -0.495 e. The fourth-order valence-corrected chi connectivity index (χ4v) is 5.86. The molecule has 0 bridgehead atoms. The molecule has 1 N–H and O–H groups in total. The molecule has 1 fully saturated rings. The van der Waals surface area contributed by atoms with Crippen LogP contribution in [0.3, 0.4) is 0 Å². The van der Waals surface area contributed by atoms with E-state index in [-0.39, 0.29) is 22.1 Å². The Balaban J connectivity index is 1.94. The van der Waals surface area contributed by atoms with Gasteiger partial charge >= 0.3 is 0 Å². The molecule has 0 saturated heterocycles. The van der Waals surface area contributed by atoms with Gasteiger partial charge in [0.2, 0.25) is 10.0 Å². The van der Waals surface area contributed by atoms with Crippen LogP contribution in [0.25, 0.3) is 16.9 Å². The average Bonchev–Trinajstić information content (AvgIpc) is 3.52. The zero-order valence-corrected chi connectivity index (χ0v) is 19.6. The summed E-state index contributed by atoms with van der Waals surface area (Å²) in [4.78, 5) is 4.45. The van der Waals surface area contributed by atoms with Crippen molar-refractivity contribution in [2.75, 3.05) is 32.3 Å². The molecule has 0 aliphatic heterocycles. The first kappa shape index (κ1) is 22.2. The summed E-state index contributed by atoms with van der Waals surface area (Å²) in [5.41, 5.74) is 1.73. The van der Waals surface area contributed by atoms with E-state index < -0.39 is 25.1 Å². The third-order valence-corrected chi connectivity index (χ3v) is 7.99. The van der Waals surface area contributed by atoms with Gasteiger partial charge in [-0.2, -0.15) is 0 Å². The molecule has 0 amide bonds. The van der Waals surface area contributed by atoms with Gasteiger partial charge in [-0.25, -0.2) is 21.8 Å². The molecular weight excluding hydrogens is 458 g/mol. The van der Waals surface area contributed by atoms with Crippen molar-refractivity contribution in [3.8, 4) is 28.5 Å². The van der Waals surface area contributed by atoms with Crippen molar-refractivity contribution in [2.45, 2.75) is 23.0 Å². The summed E-state index contributed by atoms with van der Waals surface area (Å²) in [7, 11) is -2.89. The Bertz CT molecular complexity index is 1410. The highest BCUT2D eigenvalue weighted by atomic mass is 32.2. The number of sulfone groups is 1. The number of hydrogen-bond acceptors (Lipinski definition) is 8. The fourth-order valence-electron chi connectivity index (χ4n) is 3.52. The van der Waals surface area contributed by atoms with E-state index in [0.29, 0.717) is 35.5 Å². The Kier molecular flexibility index (Phi) is 5.45. The lowest BCUT2D eigenvalue weighted by Crippen LogP contribution is -2.11. The zero-order chi connectivity index (χ0) is 23.3. The van der Waals surface area contributed by atoms with Crippen molar-refractivity contribution in [3.05, 3.63) is 30.6 Å². The first-order chi connectivity index (χ1) is 15.1. The highest BCUT2D eigenvalue weighted by Gasteiger charge is 2.39. The van der Waals surface area contributed by atoms with E-state index in [9.17, 15) is 16.8 Å². The lowest BCUT2D eigenvalue weighted by molar-refractivity contribution is 0.356. The maximum absolute atomic E-state index is 13.0. The van der Waals surface area contributed by atoms with Crippen LogP contribution in [0.1, 0.15) is 12.8 Å². The normalized spacial score (nSPS) is 14.4. The molecule has 32 heavy (non-hydrogen) atoms. The van der Waals surface area contributed by atoms with Gasteiger partial charge in [-0.05, 0) is 25.0 Å². The smallest absolute Gasteiger partial charge is 0.229 e. The Morgan fingerprint density at radius 3 is 2.25 bits per heavy atom.